The Labute approximate surface area is 70.2 Å². The predicted octanol–water partition coefficient (Wildman–Crippen LogP) is 2.19. The summed E-state index contributed by atoms with van der Waals surface area (Å²) in [6.45, 7) is 0. The number of carbonyl (C=O) groups is 1. The number of halogens is 1. The molecule has 0 bridgehead atoms. The minimum Gasteiger partial charge on any atom is -0.387 e. The molecule has 1 N–H and O–H groups in total. The smallest absolute Gasteiger partial charge is 0.150 e. The van der Waals surface area contributed by atoms with Gasteiger partial charge in [0.25, 0.3) is 0 Å². The van der Waals surface area contributed by atoms with Gasteiger partial charge >= 0.3 is 0 Å². The Bertz CT molecular complexity index is 273. The first-order valence-electron chi connectivity index (χ1n) is 3.20. The minimum atomic E-state index is 0.567. The van der Waals surface area contributed by atoms with E-state index in [9.17, 15) is 4.79 Å². The van der Waals surface area contributed by atoms with Gasteiger partial charge in [-0.05, 0) is 18.2 Å². The van der Waals surface area contributed by atoms with Crippen molar-refractivity contribution in [3.05, 3.63) is 28.8 Å². The number of anilines is 1. The third kappa shape index (κ3) is 1.71. The molecule has 0 unspecified atom stereocenters. The van der Waals surface area contributed by atoms with E-state index < -0.39 is 0 Å². The third-order valence-corrected chi connectivity index (χ3v) is 1.71. The molecule has 3 heteroatoms. The molecule has 0 aliphatic rings. The summed E-state index contributed by atoms with van der Waals surface area (Å²) in [4.78, 5) is 10.3. The van der Waals surface area contributed by atoms with Crippen LogP contribution in [0, 0.1) is 0 Å². The number of benzene rings is 1. The highest BCUT2D eigenvalue weighted by molar-refractivity contribution is 6.33. The fourth-order valence-corrected chi connectivity index (χ4v) is 1.09. The molecule has 0 aliphatic heterocycles. The number of hydrogen-bond acceptors (Lipinski definition) is 2. The molecule has 1 rings (SSSR count). The Hall–Kier alpha value is -1.02. The highest BCUT2D eigenvalue weighted by Gasteiger charge is 1.97. The van der Waals surface area contributed by atoms with E-state index >= 15 is 0 Å². The Morgan fingerprint density at radius 2 is 2.27 bits per heavy atom. The van der Waals surface area contributed by atoms with Gasteiger partial charge in [-0.15, -0.1) is 0 Å². The molecule has 0 spiro atoms. The van der Waals surface area contributed by atoms with Crippen LogP contribution in [0.2, 0.25) is 5.02 Å². The van der Waals surface area contributed by atoms with Gasteiger partial charge in [-0.3, -0.25) is 4.79 Å². The van der Waals surface area contributed by atoms with E-state index in [1.807, 2.05) is 0 Å². The Kier molecular flexibility index (Phi) is 2.49. The number of nitrogens with one attached hydrogen (secondary N) is 1. The zero-order chi connectivity index (χ0) is 8.27. The maximum absolute atomic E-state index is 10.3. The van der Waals surface area contributed by atoms with Crippen molar-refractivity contribution >= 4 is 23.6 Å². The molecule has 0 amide bonds. The van der Waals surface area contributed by atoms with Crippen LogP contribution in [0.25, 0.3) is 0 Å². The Morgan fingerprint density at radius 1 is 1.55 bits per heavy atom. The van der Waals surface area contributed by atoms with Crippen LogP contribution < -0.4 is 5.32 Å². The van der Waals surface area contributed by atoms with Gasteiger partial charge < -0.3 is 5.32 Å². The maximum atomic E-state index is 10.3. The fraction of sp³-hybridized carbons (Fsp3) is 0.125. The second kappa shape index (κ2) is 3.39. The van der Waals surface area contributed by atoms with E-state index in [2.05, 4.69) is 5.32 Å². The average molecular weight is 170 g/mol. The highest BCUT2D eigenvalue weighted by Crippen LogP contribution is 2.21. The lowest BCUT2D eigenvalue weighted by atomic mass is 10.2. The minimum absolute atomic E-state index is 0.567. The molecule has 0 atom stereocenters. The molecule has 0 heterocycles. The van der Waals surface area contributed by atoms with Gasteiger partial charge in [0, 0.05) is 12.6 Å². The lowest BCUT2D eigenvalue weighted by molar-refractivity contribution is 0.112. The molecule has 0 saturated carbocycles. The molecule has 58 valence electrons. The zero-order valence-corrected chi connectivity index (χ0v) is 6.85. The number of hydrogen-bond donors (Lipinski definition) is 1. The molecule has 0 fully saturated rings. The van der Waals surface area contributed by atoms with Gasteiger partial charge in [-0.2, -0.15) is 0 Å². The van der Waals surface area contributed by atoms with Crippen molar-refractivity contribution in [1.82, 2.24) is 0 Å². The van der Waals surface area contributed by atoms with Crippen molar-refractivity contribution < 1.29 is 4.79 Å². The van der Waals surface area contributed by atoms with Crippen molar-refractivity contribution in [3.8, 4) is 0 Å². The second-order valence-electron chi connectivity index (χ2n) is 2.11. The van der Waals surface area contributed by atoms with Crippen LogP contribution >= 0.6 is 11.6 Å². The summed E-state index contributed by atoms with van der Waals surface area (Å²) < 4.78 is 0. The van der Waals surface area contributed by atoms with E-state index in [0.717, 1.165) is 12.0 Å². The molecular formula is C8H8ClNO. The summed E-state index contributed by atoms with van der Waals surface area (Å²) in [5.41, 5.74) is 1.42. The molecule has 0 radical (unpaired) electrons. The second-order valence-corrected chi connectivity index (χ2v) is 2.51. The van der Waals surface area contributed by atoms with Crippen LogP contribution in [-0.4, -0.2) is 13.3 Å². The molecule has 1 aromatic carbocycles. The fourth-order valence-electron chi connectivity index (χ4n) is 0.807. The molecule has 1 aromatic rings. The summed E-state index contributed by atoms with van der Waals surface area (Å²) in [5.74, 6) is 0. The predicted molar refractivity (Wildman–Crippen MR) is 46.4 cm³/mol. The summed E-state index contributed by atoms with van der Waals surface area (Å²) in [6.07, 6.45) is 0.769. The molecular weight excluding hydrogens is 162 g/mol. The Morgan fingerprint density at radius 3 is 2.73 bits per heavy atom. The average Bonchev–Trinajstić information content (AvgIpc) is 2.04. The monoisotopic (exact) mass is 169 g/mol. The van der Waals surface area contributed by atoms with Crippen molar-refractivity contribution in [1.29, 1.82) is 0 Å². The first-order valence-corrected chi connectivity index (χ1v) is 3.58. The number of aldehydes is 1. The molecule has 11 heavy (non-hydrogen) atoms. The van der Waals surface area contributed by atoms with E-state index in [1.54, 1.807) is 25.2 Å². The number of rotatable bonds is 2. The molecule has 0 aromatic heterocycles. The van der Waals surface area contributed by atoms with E-state index in [-0.39, 0.29) is 0 Å². The summed E-state index contributed by atoms with van der Waals surface area (Å²) in [6, 6.07) is 5.11. The maximum Gasteiger partial charge on any atom is 0.150 e. The van der Waals surface area contributed by atoms with Gasteiger partial charge in [0.1, 0.15) is 6.29 Å². The first kappa shape index (κ1) is 8.08. The topological polar surface area (TPSA) is 29.1 Å². The summed E-state index contributed by atoms with van der Waals surface area (Å²) in [5, 5.41) is 3.47. The standard InChI is InChI=1S/C8H8ClNO/c1-10-8-3-2-6(5-11)4-7(8)9/h2-5,10H,1H3. The van der Waals surface area contributed by atoms with Gasteiger partial charge in [-0.25, -0.2) is 0 Å². The van der Waals surface area contributed by atoms with Crippen LogP contribution in [0.15, 0.2) is 18.2 Å². The third-order valence-electron chi connectivity index (χ3n) is 1.40. The number of carbonyl (C=O) groups excluding carboxylic acids is 1. The lowest BCUT2D eigenvalue weighted by Gasteiger charge is -2.01. The largest absolute Gasteiger partial charge is 0.387 e. The van der Waals surface area contributed by atoms with Crippen molar-refractivity contribution in [2.45, 2.75) is 0 Å². The van der Waals surface area contributed by atoms with Crippen LogP contribution in [0.5, 0.6) is 0 Å². The highest BCUT2D eigenvalue weighted by atomic mass is 35.5. The molecule has 0 saturated heterocycles. The Balaban J connectivity index is 3.09. The van der Waals surface area contributed by atoms with Crippen molar-refractivity contribution in [3.63, 3.8) is 0 Å². The van der Waals surface area contributed by atoms with Gasteiger partial charge in [0.2, 0.25) is 0 Å². The van der Waals surface area contributed by atoms with E-state index in [0.29, 0.717) is 10.6 Å². The summed E-state index contributed by atoms with van der Waals surface area (Å²) >= 11 is 5.79. The van der Waals surface area contributed by atoms with Crippen LogP contribution in [-0.2, 0) is 0 Å². The van der Waals surface area contributed by atoms with Crippen molar-refractivity contribution in [2.75, 3.05) is 12.4 Å². The lowest BCUT2D eigenvalue weighted by Crippen LogP contribution is -1.89. The summed E-state index contributed by atoms with van der Waals surface area (Å²) in [7, 11) is 1.78. The molecule has 2 nitrogen and oxygen atoms in total. The van der Waals surface area contributed by atoms with E-state index in [4.69, 9.17) is 11.6 Å². The van der Waals surface area contributed by atoms with Gasteiger partial charge in [0.15, 0.2) is 0 Å². The van der Waals surface area contributed by atoms with Crippen LogP contribution in [0.4, 0.5) is 5.69 Å². The van der Waals surface area contributed by atoms with Crippen molar-refractivity contribution in [2.24, 2.45) is 0 Å². The zero-order valence-electron chi connectivity index (χ0n) is 6.10. The molecule has 0 aliphatic carbocycles. The normalized spacial score (nSPS) is 9.27. The quantitative estimate of drug-likeness (QED) is 0.688. The first-order chi connectivity index (χ1) is 5.27. The van der Waals surface area contributed by atoms with Crippen LogP contribution in [0.1, 0.15) is 10.4 Å². The van der Waals surface area contributed by atoms with E-state index in [1.165, 1.54) is 0 Å². The SMILES string of the molecule is CNc1ccc(C=O)cc1Cl. The van der Waals surface area contributed by atoms with Gasteiger partial charge in [0.05, 0.1) is 10.7 Å². The van der Waals surface area contributed by atoms with Gasteiger partial charge in [-0.1, -0.05) is 11.6 Å². The van der Waals surface area contributed by atoms with Crippen LogP contribution in [0.3, 0.4) is 0 Å².